The molecule has 3 aromatic heterocycles. The highest BCUT2D eigenvalue weighted by atomic mass is 16.1. The number of aromatic nitrogens is 5. The molecule has 0 unspecified atom stereocenters. The Balaban J connectivity index is 1.39. The SMILES string of the molecule is Cc1ncccc1C(=O)NCc1ccc(-c2nn(C3CCCC3)c3ncnc(N)c23)cc1. The molecule has 1 aromatic carbocycles. The summed E-state index contributed by atoms with van der Waals surface area (Å²) in [6.07, 6.45) is 7.82. The highest BCUT2D eigenvalue weighted by Gasteiger charge is 2.24. The number of anilines is 1. The van der Waals surface area contributed by atoms with Crippen molar-refractivity contribution in [3.63, 3.8) is 0 Å². The molecular weight excluding hydrogens is 402 g/mol. The van der Waals surface area contributed by atoms with E-state index in [2.05, 4.69) is 20.3 Å². The summed E-state index contributed by atoms with van der Waals surface area (Å²) < 4.78 is 2.03. The van der Waals surface area contributed by atoms with Crippen LogP contribution in [0.25, 0.3) is 22.3 Å². The summed E-state index contributed by atoms with van der Waals surface area (Å²) in [7, 11) is 0. The van der Waals surface area contributed by atoms with Gasteiger partial charge in [-0.3, -0.25) is 9.78 Å². The number of hydrogen-bond acceptors (Lipinski definition) is 6. The largest absolute Gasteiger partial charge is 0.383 e. The molecule has 3 N–H and O–H groups in total. The number of carbonyl (C=O) groups is 1. The van der Waals surface area contributed by atoms with Gasteiger partial charge in [0.1, 0.15) is 17.8 Å². The monoisotopic (exact) mass is 427 g/mol. The van der Waals surface area contributed by atoms with Gasteiger partial charge in [-0.15, -0.1) is 0 Å². The van der Waals surface area contributed by atoms with Gasteiger partial charge in [-0.1, -0.05) is 37.1 Å². The summed E-state index contributed by atoms with van der Waals surface area (Å²) in [6, 6.07) is 11.9. The lowest BCUT2D eigenvalue weighted by Gasteiger charge is -2.10. The second kappa shape index (κ2) is 8.37. The lowest BCUT2D eigenvalue weighted by molar-refractivity contribution is 0.0950. The molecule has 1 aliphatic carbocycles. The van der Waals surface area contributed by atoms with E-state index >= 15 is 0 Å². The molecule has 0 atom stereocenters. The van der Waals surface area contributed by atoms with Crippen LogP contribution in [-0.2, 0) is 6.54 Å². The summed E-state index contributed by atoms with van der Waals surface area (Å²) in [5, 5.41) is 8.67. The topological polar surface area (TPSA) is 112 Å². The molecule has 8 heteroatoms. The van der Waals surface area contributed by atoms with E-state index in [0.29, 0.717) is 29.7 Å². The molecule has 5 rings (SSSR count). The summed E-state index contributed by atoms with van der Waals surface area (Å²) >= 11 is 0. The molecule has 1 fully saturated rings. The van der Waals surface area contributed by atoms with E-state index in [4.69, 9.17) is 10.8 Å². The number of nitrogens with zero attached hydrogens (tertiary/aromatic N) is 5. The average molecular weight is 428 g/mol. The van der Waals surface area contributed by atoms with Gasteiger partial charge in [-0.05, 0) is 37.5 Å². The van der Waals surface area contributed by atoms with Gasteiger partial charge in [0, 0.05) is 24.0 Å². The van der Waals surface area contributed by atoms with Gasteiger partial charge in [-0.25, -0.2) is 14.6 Å². The van der Waals surface area contributed by atoms with Gasteiger partial charge < -0.3 is 11.1 Å². The van der Waals surface area contributed by atoms with Crippen LogP contribution in [0.2, 0.25) is 0 Å². The number of carbonyl (C=O) groups excluding carboxylic acids is 1. The zero-order valence-electron chi connectivity index (χ0n) is 18.0. The van der Waals surface area contributed by atoms with Crippen LogP contribution in [0, 0.1) is 6.92 Å². The third-order valence-corrected chi connectivity index (χ3v) is 6.12. The summed E-state index contributed by atoms with van der Waals surface area (Å²) in [6.45, 7) is 2.25. The molecule has 1 aliphatic rings. The number of aryl methyl sites for hydroxylation is 1. The van der Waals surface area contributed by atoms with Gasteiger partial charge in [0.2, 0.25) is 0 Å². The lowest BCUT2D eigenvalue weighted by atomic mass is 10.1. The van der Waals surface area contributed by atoms with Crippen LogP contribution in [0.1, 0.15) is 53.3 Å². The van der Waals surface area contributed by atoms with E-state index in [-0.39, 0.29) is 5.91 Å². The van der Waals surface area contributed by atoms with Gasteiger partial charge in [-0.2, -0.15) is 5.10 Å². The first-order valence-corrected chi connectivity index (χ1v) is 10.9. The standard InChI is InChI=1S/C24H25N7O/c1-15-19(7-4-12-26-15)24(32)27-13-16-8-10-17(11-9-16)21-20-22(25)28-14-29-23(20)31(30-21)18-5-2-3-6-18/h4,7-12,14,18H,2-3,5-6,13H2,1H3,(H,27,32)(H2,25,28,29). The van der Waals surface area contributed by atoms with Gasteiger partial charge in [0.15, 0.2) is 5.65 Å². The first-order chi connectivity index (χ1) is 15.6. The van der Waals surface area contributed by atoms with Crippen molar-refractivity contribution in [3.05, 3.63) is 65.7 Å². The Morgan fingerprint density at radius 1 is 1.12 bits per heavy atom. The Kier molecular flexibility index (Phi) is 5.26. The van der Waals surface area contributed by atoms with Crippen LogP contribution in [0.4, 0.5) is 5.82 Å². The fourth-order valence-corrected chi connectivity index (χ4v) is 4.38. The highest BCUT2D eigenvalue weighted by Crippen LogP contribution is 2.36. The summed E-state index contributed by atoms with van der Waals surface area (Å²) in [4.78, 5) is 25.3. The minimum Gasteiger partial charge on any atom is -0.383 e. The van der Waals surface area contributed by atoms with Gasteiger partial charge in [0.05, 0.1) is 17.0 Å². The molecule has 8 nitrogen and oxygen atoms in total. The number of amides is 1. The first-order valence-electron chi connectivity index (χ1n) is 10.9. The van der Waals surface area contributed by atoms with Crippen molar-refractivity contribution in [2.24, 2.45) is 0 Å². The van der Waals surface area contributed by atoms with Crippen molar-refractivity contribution < 1.29 is 4.79 Å². The number of nitrogens with one attached hydrogen (secondary N) is 1. The highest BCUT2D eigenvalue weighted by molar-refractivity contribution is 5.98. The molecule has 0 spiro atoms. The quantitative estimate of drug-likeness (QED) is 0.501. The van der Waals surface area contributed by atoms with E-state index in [1.165, 1.54) is 19.2 Å². The maximum atomic E-state index is 12.4. The van der Waals surface area contributed by atoms with E-state index in [0.717, 1.165) is 40.7 Å². The number of fused-ring (bicyclic) bond motifs is 1. The van der Waals surface area contributed by atoms with Crippen molar-refractivity contribution in [2.75, 3.05) is 5.73 Å². The molecule has 0 radical (unpaired) electrons. The number of hydrogen-bond donors (Lipinski definition) is 2. The predicted molar refractivity (Wildman–Crippen MR) is 123 cm³/mol. The first kappa shape index (κ1) is 20.1. The summed E-state index contributed by atoms with van der Waals surface area (Å²) in [5.41, 5.74) is 11.1. The second-order valence-electron chi connectivity index (χ2n) is 8.20. The molecule has 32 heavy (non-hydrogen) atoms. The Labute approximate surface area is 185 Å². The van der Waals surface area contributed by atoms with Crippen LogP contribution in [0.5, 0.6) is 0 Å². The molecule has 0 saturated heterocycles. The van der Waals surface area contributed by atoms with Crippen molar-refractivity contribution in [2.45, 2.75) is 45.2 Å². The van der Waals surface area contributed by atoms with Crippen LogP contribution < -0.4 is 11.1 Å². The van der Waals surface area contributed by atoms with Gasteiger partial charge >= 0.3 is 0 Å². The average Bonchev–Trinajstić information content (AvgIpc) is 3.47. The van der Waals surface area contributed by atoms with E-state index in [1.54, 1.807) is 18.3 Å². The molecule has 3 heterocycles. The number of rotatable bonds is 5. The number of benzene rings is 1. The fourth-order valence-electron chi connectivity index (χ4n) is 4.38. The van der Waals surface area contributed by atoms with Crippen molar-refractivity contribution in [1.29, 1.82) is 0 Å². The maximum Gasteiger partial charge on any atom is 0.253 e. The van der Waals surface area contributed by atoms with Crippen LogP contribution in [0.15, 0.2) is 48.9 Å². The molecule has 0 bridgehead atoms. The van der Waals surface area contributed by atoms with Crippen molar-refractivity contribution in [3.8, 4) is 11.3 Å². The maximum absolute atomic E-state index is 12.4. The van der Waals surface area contributed by atoms with Crippen LogP contribution >= 0.6 is 0 Å². The third-order valence-electron chi connectivity index (χ3n) is 6.12. The molecule has 4 aromatic rings. The second-order valence-corrected chi connectivity index (χ2v) is 8.20. The Morgan fingerprint density at radius 2 is 1.91 bits per heavy atom. The molecule has 0 aliphatic heterocycles. The minimum atomic E-state index is -0.133. The Hall–Kier alpha value is -3.81. The molecule has 1 amide bonds. The van der Waals surface area contributed by atoms with E-state index in [1.807, 2.05) is 35.9 Å². The fraction of sp³-hybridized carbons (Fsp3) is 0.292. The normalized spacial score (nSPS) is 14.2. The number of nitrogen functional groups attached to an aromatic ring is 1. The summed E-state index contributed by atoms with van der Waals surface area (Å²) in [5.74, 6) is 0.309. The number of pyridine rings is 1. The van der Waals surface area contributed by atoms with Gasteiger partial charge in [0.25, 0.3) is 5.91 Å². The smallest absolute Gasteiger partial charge is 0.253 e. The molecule has 1 saturated carbocycles. The van der Waals surface area contributed by atoms with Crippen LogP contribution in [-0.4, -0.2) is 30.6 Å². The predicted octanol–water partition coefficient (Wildman–Crippen LogP) is 3.82. The third kappa shape index (κ3) is 3.68. The van der Waals surface area contributed by atoms with Crippen LogP contribution in [0.3, 0.4) is 0 Å². The van der Waals surface area contributed by atoms with E-state index < -0.39 is 0 Å². The zero-order chi connectivity index (χ0) is 22.1. The molecular formula is C24H25N7O. The Morgan fingerprint density at radius 3 is 2.66 bits per heavy atom. The molecule has 162 valence electrons. The van der Waals surface area contributed by atoms with Crippen molar-refractivity contribution in [1.82, 2.24) is 30.0 Å². The zero-order valence-corrected chi connectivity index (χ0v) is 18.0. The minimum absolute atomic E-state index is 0.133. The lowest BCUT2D eigenvalue weighted by Crippen LogP contribution is -2.23. The Bertz CT molecular complexity index is 1270. The van der Waals surface area contributed by atoms with Crippen molar-refractivity contribution >= 4 is 22.8 Å². The van der Waals surface area contributed by atoms with E-state index in [9.17, 15) is 4.79 Å². The number of nitrogens with two attached hydrogens (primary N) is 1.